The van der Waals surface area contributed by atoms with Crippen molar-refractivity contribution in [3.05, 3.63) is 41.5 Å². The Kier molecular flexibility index (Phi) is 6.72. The molecule has 0 radical (unpaired) electrons. The molecule has 2 aliphatic rings. The van der Waals surface area contributed by atoms with Crippen molar-refractivity contribution in [2.45, 2.75) is 58.0 Å². The van der Waals surface area contributed by atoms with Gasteiger partial charge in [-0.2, -0.15) is 0 Å². The summed E-state index contributed by atoms with van der Waals surface area (Å²) in [5, 5.41) is 12.1. The average Bonchev–Trinajstić information content (AvgIpc) is 3.40. The maximum Gasteiger partial charge on any atom is 0.222 e. The van der Waals surface area contributed by atoms with Crippen LogP contribution in [-0.4, -0.2) is 62.1 Å². The normalized spacial score (nSPS) is 20.7. The maximum atomic E-state index is 14.0. The van der Waals surface area contributed by atoms with Crippen LogP contribution in [-0.2, 0) is 17.9 Å². The van der Waals surface area contributed by atoms with Gasteiger partial charge >= 0.3 is 0 Å². The summed E-state index contributed by atoms with van der Waals surface area (Å²) in [7, 11) is 0. The molecule has 1 amide bonds. The Morgan fingerprint density at radius 1 is 1.17 bits per heavy atom. The average molecular weight is 415 g/mol. The van der Waals surface area contributed by atoms with Crippen molar-refractivity contribution in [1.82, 2.24) is 30.0 Å². The number of carbonyl (C=O) groups is 1. The van der Waals surface area contributed by atoms with E-state index in [4.69, 9.17) is 0 Å². The van der Waals surface area contributed by atoms with Crippen LogP contribution in [0, 0.1) is 11.7 Å². The van der Waals surface area contributed by atoms with Crippen molar-refractivity contribution in [3.63, 3.8) is 0 Å². The lowest BCUT2D eigenvalue weighted by molar-refractivity contribution is -0.130. The molecule has 2 aliphatic heterocycles. The minimum Gasteiger partial charge on any atom is -0.342 e. The highest BCUT2D eigenvalue weighted by Crippen LogP contribution is 2.29. The number of hydrogen-bond donors (Lipinski definition) is 0. The highest BCUT2D eigenvalue weighted by atomic mass is 19.1. The van der Waals surface area contributed by atoms with E-state index in [1.807, 2.05) is 21.7 Å². The van der Waals surface area contributed by atoms with E-state index in [-0.39, 0.29) is 17.6 Å². The molecular weight excluding hydrogens is 383 g/mol. The quantitative estimate of drug-likeness (QED) is 0.697. The van der Waals surface area contributed by atoms with Crippen LogP contribution in [0.4, 0.5) is 4.39 Å². The number of tetrazole rings is 1. The van der Waals surface area contributed by atoms with Gasteiger partial charge < -0.3 is 4.90 Å². The van der Waals surface area contributed by atoms with Gasteiger partial charge in [0.1, 0.15) is 5.82 Å². The van der Waals surface area contributed by atoms with Crippen LogP contribution >= 0.6 is 0 Å². The third kappa shape index (κ3) is 5.03. The first-order valence-electron chi connectivity index (χ1n) is 11.1. The Hall–Kier alpha value is -2.35. The number of carbonyl (C=O) groups excluding carboxylic acids is 1. The number of hydrogen-bond acceptors (Lipinski definition) is 5. The molecule has 0 aliphatic carbocycles. The number of amides is 1. The summed E-state index contributed by atoms with van der Waals surface area (Å²) in [5.74, 6) is 1.72. The Morgan fingerprint density at radius 3 is 2.77 bits per heavy atom. The molecule has 2 fully saturated rings. The van der Waals surface area contributed by atoms with Crippen LogP contribution in [0.25, 0.3) is 0 Å². The summed E-state index contributed by atoms with van der Waals surface area (Å²) in [4.78, 5) is 16.9. The predicted molar refractivity (Wildman–Crippen MR) is 111 cm³/mol. The topological polar surface area (TPSA) is 67.2 Å². The fraction of sp³-hybridized carbons (Fsp3) is 0.636. The number of piperidine rings is 1. The van der Waals surface area contributed by atoms with Gasteiger partial charge in [-0.15, -0.1) is 5.10 Å². The first-order chi connectivity index (χ1) is 14.6. The van der Waals surface area contributed by atoms with Gasteiger partial charge in [0.05, 0.1) is 6.54 Å². The summed E-state index contributed by atoms with van der Waals surface area (Å²) in [6.07, 6.45) is 4.43. The van der Waals surface area contributed by atoms with E-state index in [9.17, 15) is 9.18 Å². The van der Waals surface area contributed by atoms with E-state index in [0.29, 0.717) is 32.5 Å². The Bertz CT molecular complexity index is 848. The van der Waals surface area contributed by atoms with Crippen molar-refractivity contribution in [1.29, 1.82) is 0 Å². The molecule has 4 rings (SSSR count). The largest absolute Gasteiger partial charge is 0.342 e. The predicted octanol–water partition coefficient (Wildman–Crippen LogP) is 2.84. The SMILES string of the molecule is CC1CCN(Cc2nnnn2CCCC(=O)N2CCC(c3ccccc3F)C2)CC1. The fourth-order valence-electron chi connectivity index (χ4n) is 4.52. The molecular formula is C22H31FN6O. The van der Waals surface area contributed by atoms with Gasteiger partial charge in [0.25, 0.3) is 0 Å². The number of likely N-dealkylation sites (tertiary alicyclic amines) is 2. The van der Waals surface area contributed by atoms with Crippen LogP contribution < -0.4 is 0 Å². The summed E-state index contributed by atoms with van der Waals surface area (Å²) in [5.41, 5.74) is 0.721. The van der Waals surface area contributed by atoms with Crippen LogP contribution in [0.1, 0.15) is 56.3 Å². The van der Waals surface area contributed by atoms with Crippen molar-refractivity contribution in [2.24, 2.45) is 5.92 Å². The first kappa shape index (κ1) is 20.9. The van der Waals surface area contributed by atoms with E-state index in [1.165, 1.54) is 18.9 Å². The number of aryl methyl sites for hydroxylation is 1. The fourth-order valence-corrected chi connectivity index (χ4v) is 4.52. The zero-order valence-electron chi connectivity index (χ0n) is 17.7. The molecule has 1 aromatic heterocycles. The van der Waals surface area contributed by atoms with Gasteiger partial charge in [-0.05, 0) is 66.7 Å². The second kappa shape index (κ2) is 9.64. The Balaban J connectivity index is 1.23. The number of nitrogens with zero attached hydrogens (tertiary/aromatic N) is 6. The summed E-state index contributed by atoms with van der Waals surface area (Å²) >= 11 is 0. The smallest absolute Gasteiger partial charge is 0.222 e. The molecule has 2 aromatic rings. The van der Waals surface area contributed by atoms with Gasteiger partial charge in [0.2, 0.25) is 5.91 Å². The Morgan fingerprint density at radius 2 is 1.97 bits per heavy atom. The van der Waals surface area contributed by atoms with E-state index in [0.717, 1.165) is 43.4 Å². The minimum atomic E-state index is -0.175. The molecule has 1 unspecified atom stereocenters. The highest BCUT2D eigenvalue weighted by molar-refractivity contribution is 5.76. The molecule has 1 aromatic carbocycles. The van der Waals surface area contributed by atoms with E-state index < -0.39 is 0 Å². The van der Waals surface area contributed by atoms with Crippen LogP contribution in [0.3, 0.4) is 0 Å². The monoisotopic (exact) mass is 414 g/mol. The molecule has 30 heavy (non-hydrogen) atoms. The molecule has 1 atom stereocenters. The van der Waals surface area contributed by atoms with Crippen LogP contribution in [0.5, 0.6) is 0 Å². The second-order valence-corrected chi connectivity index (χ2v) is 8.73. The molecule has 162 valence electrons. The lowest BCUT2D eigenvalue weighted by atomic mass is 9.98. The highest BCUT2D eigenvalue weighted by Gasteiger charge is 2.28. The maximum absolute atomic E-state index is 14.0. The first-order valence-corrected chi connectivity index (χ1v) is 11.1. The summed E-state index contributed by atoms with van der Waals surface area (Å²) < 4.78 is 15.9. The molecule has 0 bridgehead atoms. The lowest BCUT2D eigenvalue weighted by Crippen LogP contribution is -2.33. The molecule has 0 spiro atoms. The molecule has 8 heteroatoms. The Labute approximate surface area is 177 Å². The van der Waals surface area contributed by atoms with E-state index in [1.54, 1.807) is 6.07 Å². The van der Waals surface area contributed by atoms with Gasteiger partial charge in [-0.3, -0.25) is 9.69 Å². The van der Waals surface area contributed by atoms with E-state index >= 15 is 0 Å². The summed E-state index contributed by atoms with van der Waals surface area (Å²) in [6.45, 7) is 7.18. The number of rotatable bonds is 7. The molecule has 0 N–H and O–H groups in total. The van der Waals surface area contributed by atoms with Crippen molar-refractivity contribution >= 4 is 5.91 Å². The molecule has 0 saturated carbocycles. The third-order valence-corrected chi connectivity index (χ3v) is 6.49. The number of benzene rings is 1. The second-order valence-electron chi connectivity index (χ2n) is 8.73. The van der Waals surface area contributed by atoms with E-state index in [2.05, 4.69) is 27.3 Å². The third-order valence-electron chi connectivity index (χ3n) is 6.49. The zero-order valence-corrected chi connectivity index (χ0v) is 17.7. The van der Waals surface area contributed by atoms with Crippen LogP contribution in [0.2, 0.25) is 0 Å². The molecule has 3 heterocycles. The summed E-state index contributed by atoms with van der Waals surface area (Å²) in [6, 6.07) is 6.89. The lowest BCUT2D eigenvalue weighted by Gasteiger charge is -2.29. The van der Waals surface area contributed by atoms with Crippen molar-refractivity contribution in [3.8, 4) is 0 Å². The van der Waals surface area contributed by atoms with Gasteiger partial charge in [-0.1, -0.05) is 25.1 Å². The van der Waals surface area contributed by atoms with Crippen molar-refractivity contribution < 1.29 is 9.18 Å². The minimum absolute atomic E-state index is 0.0912. The number of aromatic nitrogens is 4. The standard InChI is InChI=1S/C22H31FN6O/c1-17-8-12-27(13-9-17)16-21-24-25-26-29(21)11-4-7-22(30)28-14-10-18(15-28)19-5-2-3-6-20(19)23/h2-3,5-6,17-18H,4,7-16H2,1H3. The van der Waals surface area contributed by atoms with Crippen molar-refractivity contribution in [2.75, 3.05) is 26.2 Å². The van der Waals surface area contributed by atoms with Gasteiger partial charge in [-0.25, -0.2) is 9.07 Å². The zero-order chi connectivity index (χ0) is 20.9. The molecule has 2 saturated heterocycles. The van der Waals surface area contributed by atoms with Gasteiger partial charge in [0.15, 0.2) is 5.82 Å². The number of halogens is 1. The van der Waals surface area contributed by atoms with Crippen LogP contribution in [0.15, 0.2) is 24.3 Å². The molecule has 7 nitrogen and oxygen atoms in total. The van der Waals surface area contributed by atoms with Gasteiger partial charge in [0, 0.05) is 32.0 Å².